The molecular formula is C15H22Cl2OSi2. The molecule has 0 bridgehead atoms. The molecule has 0 aliphatic heterocycles. The Morgan fingerprint density at radius 1 is 1.15 bits per heavy atom. The van der Waals surface area contributed by atoms with Gasteiger partial charge >= 0.3 is 0 Å². The van der Waals surface area contributed by atoms with Gasteiger partial charge in [-0.2, -0.15) is 0 Å². The van der Waals surface area contributed by atoms with Crippen molar-refractivity contribution >= 4 is 40.8 Å². The van der Waals surface area contributed by atoms with Gasteiger partial charge in [-0.05, 0) is 23.4 Å². The van der Waals surface area contributed by atoms with E-state index in [1.165, 1.54) is 21.2 Å². The van der Waals surface area contributed by atoms with E-state index >= 15 is 0 Å². The second-order valence-electron chi connectivity index (χ2n) is 6.21. The van der Waals surface area contributed by atoms with Crippen molar-refractivity contribution in [1.29, 1.82) is 0 Å². The molecule has 0 aromatic carbocycles. The number of hydrogen-bond acceptors (Lipinski definition) is 1. The van der Waals surface area contributed by atoms with Gasteiger partial charge in [-0.3, -0.25) is 0 Å². The van der Waals surface area contributed by atoms with Crippen LogP contribution < -0.4 is 0 Å². The fraction of sp³-hybridized carbons (Fsp3) is 0.467. The van der Waals surface area contributed by atoms with E-state index in [1.54, 1.807) is 0 Å². The van der Waals surface area contributed by atoms with Gasteiger partial charge in [0, 0.05) is 29.5 Å². The monoisotopic (exact) mass is 344 g/mol. The summed E-state index contributed by atoms with van der Waals surface area (Å²) < 4.78 is 0. The molecule has 2 aliphatic carbocycles. The maximum atomic E-state index is 9.31. The van der Waals surface area contributed by atoms with Crippen molar-refractivity contribution in [3.63, 3.8) is 0 Å². The Bertz CT molecular complexity index is 542. The summed E-state index contributed by atoms with van der Waals surface area (Å²) in [6.45, 7) is 7.07. The average molecular weight is 345 g/mol. The summed E-state index contributed by atoms with van der Waals surface area (Å²) in [5.74, 6) is 0. The van der Waals surface area contributed by atoms with Crippen molar-refractivity contribution < 1.29 is 5.11 Å². The van der Waals surface area contributed by atoms with Crippen LogP contribution in [0.25, 0.3) is 0 Å². The second kappa shape index (κ2) is 6.36. The Hall–Kier alpha value is -0.0662. The molecule has 0 heterocycles. The minimum atomic E-state index is -1.57. The highest BCUT2D eigenvalue weighted by Gasteiger charge is 2.32. The lowest BCUT2D eigenvalue weighted by atomic mass is 10.3. The van der Waals surface area contributed by atoms with Gasteiger partial charge in [0.15, 0.2) is 0 Å². The number of halogens is 2. The van der Waals surface area contributed by atoms with Crippen LogP contribution in [0.4, 0.5) is 0 Å². The van der Waals surface area contributed by atoms with Crippen LogP contribution in [0.5, 0.6) is 0 Å². The fourth-order valence-electron chi connectivity index (χ4n) is 2.99. The van der Waals surface area contributed by atoms with Gasteiger partial charge in [-0.15, -0.1) is 0 Å². The zero-order valence-electron chi connectivity index (χ0n) is 12.4. The number of aliphatic hydroxyl groups excluding tert-OH is 1. The number of hydrogen-bond donors (Lipinski definition) is 1. The molecule has 110 valence electrons. The van der Waals surface area contributed by atoms with Crippen LogP contribution in [0.1, 0.15) is 19.8 Å². The molecule has 0 radical (unpaired) electrons. The SMILES string of the molecule is CC1=CCC(Cl)=C1[SiH2]C1=C(Cl)CC=C1[Si](C)(C)CCO. The molecule has 0 aromatic rings. The van der Waals surface area contributed by atoms with Crippen LogP contribution in [0.3, 0.4) is 0 Å². The summed E-state index contributed by atoms with van der Waals surface area (Å²) in [6.07, 6.45) is 6.27. The molecule has 1 nitrogen and oxygen atoms in total. The summed E-state index contributed by atoms with van der Waals surface area (Å²) in [6, 6.07) is 0.905. The molecule has 0 saturated heterocycles. The molecule has 0 atom stereocenters. The third-order valence-electron chi connectivity index (χ3n) is 4.35. The largest absolute Gasteiger partial charge is 0.397 e. The average Bonchev–Trinajstić information content (AvgIpc) is 2.88. The number of rotatable bonds is 5. The van der Waals surface area contributed by atoms with E-state index in [2.05, 4.69) is 32.2 Å². The maximum absolute atomic E-state index is 9.31. The molecule has 2 aliphatic rings. The van der Waals surface area contributed by atoms with Crippen LogP contribution in [0.15, 0.2) is 43.4 Å². The van der Waals surface area contributed by atoms with Crippen molar-refractivity contribution in [3.05, 3.63) is 43.4 Å². The molecule has 1 N–H and O–H groups in total. The highest BCUT2D eigenvalue weighted by molar-refractivity contribution is 6.87. The zero-order chi connectivity index (χ0) is 14.9. The molecule has 0 spiro atoms. The lowest BCUT2D eigenvalue weighted by molar-refractivity contribution is 0.316. The van der Waals surface area contributed by atoms with E-state index < -0.39 is 17.6 Å². The normalized spacial score (nSPS) is 20.5. The van der Waals surface area contributed by atoms with Crippen molar-refractivity contribution in [3.8, 4) is 0 Å². The quantitative estimate of drug-likeness (QED) is 0.748. The third-order valence-corrected chi connectivity index (χ3v) is 11.9. The predicted octanol–water partition coefficient (Wildman–Crippen LogP) is 3.98. The second-order valence-corrected chi connectivity index (χ2v) is 13.7. The minimum absolute atomic E-state index is 0.269. The Balaban J connectivity index is 2.27. The van der Waals surface area contributed by atoms with Crippen molar-refractivity contribution in [2.45, 2.75) is 38.9 Å². The summed E-state index contributed by atoms with van der Waals surface area (Å²) in [5.41, 5.74) is 1.34. The van der Waals surface area contributed by atoms with Gasteiger partial charge in [0.2, 0.25) is 0 Å². The Morgan fingerprint density at radius 3 is 2.30 bits per heavy atom. The van der Waals surface area contributed by atoms with Crippen molar-refractivity contribution in [2.75, 3.05) is 6.61 Å². The third kappa shape index (κ3) is 3.22. The topological polar surface area (TPSA) is 20.2 Å². The highest BCUT2D eigenvalue weighted by atomic mass is 35.5. The number of aliphatic hydroxyl groups is 1. The van der Waals surface area contributed by atoms with Gasteiger partial charge in [0.05, 0.1) is 17.6 Å². The first-order valence-corrected chi connectivity index (χ1v) is 12.5. The smallest absolute Gasteiger partial charge is 0.0907 e. The van der Waals surface area contributed by atoms with Crippen LogP contribution in [-0.2, 0) is 0 Å². The zero-order valence-corrected chi connectivity index (χ0v) is 16.3. The Morgan fingerprint density at radius 2 is 1.75 bits per heavy atom. The lowest BCUT2D eigenvalue weighted by Crippen LogP contribution is -2.32. The summed E-state index contributed by atoms with van der Waals surface area (Å²) in [4.78, 5) is 0. The molecule has 0 amide bonds. The first kappa shape index (κ1) is 16.3. The molecule has 0 saturated carbocycles. The standard InChI is InChI=1S/C15H22Cl2OSi2/c1-10-4-5-11(16)14(10)19-15-12(17)6-7-13(15)20(2,3)9-8-18/h4,7,18H,5-6,8-9,19H2,1-3H3. The molecule has 20 heavy (non-hydrogen) atoms. The van der Waals surface area contributed by atoms with E-state index in [1.807, 2.05) is 0 Å². The first-order valence-electron chi connectivity index (χ1n) is 7.11. The fourth-order valence-corrected chi connectivity index (χ4v) is 9.81. The summed E-state index contributed by atoms with van der Waals surface area (Å²) in [7, 11) is -2.18. The van der Waals surface area contributed by atoms with Crippen molar-refractivity contribution in [1.82, 2.24) is 0 Å². The molecule has 0 fully saturated rings. The first-order chi connectivity index (χ1) is 9.36. The van der Waals surface area contributed by atoms with E-state index in [9.17, 15) is 5.11 Å². The molecule has 5 heteroatoms. The summed E-state index contributed by atoms with van der Waals surface area (Å²) >= 11 is 12.9. The van der Waals surface area contributed by atoms with Gasteiger partial charge in [-0.1, -0.05) is 59.2 Å². The van der Waals surface area contributed by atoms with E-state index in [-0.39, 0.29) is 6.61 Å². The van der Waals surface area contributed by atoms with Crippen LogP contribution in [0.2, 0.25) is 19.1 Å². The van der Waals surface area contributed by atoms with Gasteiger partial charge < -0.3 is 5.11 Å². The molecule has 0 aromatic heterocycles. The molecule has 2 rings (SSSR count). The number of allylic oxidation sites excluding steroid dienone is 8. The predicted molar refractivity (Wildman–Crippen MR) is 94.8 cm³/mol. The lowest BCUT2D eigenvalue weighted by Gasteiger charge is -2.26. The van der Waals surface area contributed by atoms with Crippen LogP contribution in [-0.4, -0.2) is 29.3 Å². The van der Waals surface area contributed by atoms with Crippen molar-refractivity contribution in [2.24, 2.45) is 0 Å². The van der Waals surface area contributed by atoms with Gasteiger partial charge in [0.1, 0.15) is 0 Å². The minimum Gasteiger partial charge on any atom is -0.397 e. The van der Waals surface area contributed by atoms with Crippen LogP contribution >= 0.6 is 23.2 Å². The van der Waals surface area contributed by atoms with E-state index in [4.69, 9.17) is 23.2 Å². The molecular weight excluding hydrogens is 323 g/mol. The van der Waals surface area contributed by atoms with Gasteiger partial charge in [0.25, 0.3) is 0 Å². The van der Waals surface area contributed by atoms with E-state index in [0.717, 1.165) is 29.0 Å². The van der Waals surface area contributed by atoms with E-state index in [0.29, 0.717) is 0 Å². The maximum Gasteiger partial charge on any atom is 0.0907 e. The van der Waals surface area contributed by atoms with Crippen LogP contribution in [0, 0.1) is 0 Å². The van der Waals surface area contributed by atoms with Gasteiger partial charge in [-0.25, -0.2) is 0 Å². The summed E-state index contributed by atoms with van der Waals surface area (Å²) in [5, 5.41) is 15.6. The Kier molecular flexibility index (Phi) is 5.19. The molecule has 0 unspecified atom stereocenters. The Labute approximate surface area is 134 Å². The highest BCUT2D eigenvalue weighted by Crippen LogP contribution is 2.39.